The van der Waals surface area contributed by atoms with Gasteiger partial charge in [0.05, 0.1) is 6.54 Å². The van der Waals surface area contributed by atoms with Gasteiger partial charge in [-0.1, -0.05) is 34.7 Å². The molecule has 4 N–H and O–H groups in total. The van der Waals surface area contributed by atoms with E-state index in [2.05, 4.69) is 9.22 Å². The number of benzene rings is 1. The fraction of sp³-hybridized carbons (Fsp3) is 0.111. The van der Waals surface area contributed by atoms with Crippen molar-refractivity contribution in [3.05, 3.63) is 35.9 Å². The molecule has 0 aliphatic heterocycles. The molecule has 0 radical (unpaired) electrons. The largest absolute Gasteiger partial charge is 0.464 e. The molecule has 0 unspecified atom stereocenters. The van der Waals surface area contributed by atoms with Crippen LogP contribution in [-0.4, -0.2) is 21.5 Å². The summed E-state index contributed by atoms with van der Waals surface area (Å²) >= 11 is 0.444. The molecule has 0 bridgehead atoms. The lowest BCUT2D eigenvalue weighted by molar-refractivity contribution is -0.102. The molecule has 0 aliphatic carbocycles. The number of amides is 1. The Morgan fingerprint density at radius 3 is 2.65 bits per heavy atom. The van der Waals surface area contributed by atoms with Gasteiger partial charge in [0.1, 0.15) is 0 Å². The zero-order valence-electron chi connectivity index (χ0n) is 8.70. The lowest BCUT2D eigenvalue weighted by atomic mass is 10.2. The summed E-state index contributed by atoms with van der Waals surface area (Å²) in [6, 6.07) is 8.34. The number of hydrogen-bond donors (Lipinski definition) is 3. The topological polar surface area (TPSA) is 109 Å². The monoisotopic (exact) mass is 257 g/mol. The highest BCUT2D eigenvalue weighted by molar-refractivity contribution is 7.92. The van der Waals surface area contributed by atoms with Crippen LogP contribution < -0.4 is 5.73 Å². The van der Waals surface area contributed by atoms with E-state index in [1.807, 2.05) is 6.07 Å². The number of nitrogens with one attached hydrogen (secondary N) is 1. The predicted molar refractivity (Wildman–Crippen MR) is 61.7 cm³/mol. The number of rotatable bonds is 5. The van der Waals surface area contributed by atoms with E-state index in [1.165, 1.54) is 0 Å². The first-order chi connectivity index (χ1) is 8.09. The average molecular weight is 257 g/mol. The minimum Gasteiger partial charge on any atom is -0.464 e. The average Bonchev–Trinajstić information content (AvgIpc) is 2.28. The lowest BCUT2D eigenvalue weighted by Crippen LogP contribution is -2.23. The normalized spacial score (nSPS) is 9.65. The van der Waals surface area contributed by atoms with Gasteiger partial charge in [-0.3, -0.25) is 4.89 Å². The molecule has 0 saturated heterocycles. The first kappa shape index (κ1) is 13.1. The van der Waals surface area contributed by atoms with Crippen LogP contribution in [0, 0.1) is 5.41 Å². The second-order valence-electron chi connectivity index (χ2n) is 2.89. The minimum absolute atomic E-state index is 0.127. The fourth-order valence-corrected chi connectivity index (χ4v) is 1.41. The third-order valence-electron chi connectivity index (χ3n) is 1.63. The van der Waals surface area contributed by atoms with Crippen LogP contribution in [0.15, 0.2) is 30.3 Å². The zero-order valence-corrected chi connectivity index (χ0v) is 9.52. The van der Waals surface area contributed by atoms with Crippen LogP contribution in [0.25, 0.3) is 0 Å². The van der Waals surface area contributed by atoms with E-state index in [0.717, 1.165) is 9.87 Å². The molecule has 17 heavy (non-hydrogen) atoms. The van der Waals surface area contributed by atoms with E-state index >= 15 is 0 Å². The van der Waals surface area contributed by atoms with Crippen LogP contribution in [0.3, 0.4) is 0 Å². The van der Waals surface area contributed by atoms with Crippen molar-refractivity contribution >= 4 is 24.3 Å². The number of carbonyl (C=O) groups is 1. The van der Waals surface area contributed by atoms with Gasteiger partial charge in [0.2, 0.25) is 0 Å². The lowest BCUT2D eigenvalue weighted by Gasteiger charge is -2.15. The maximum atomic E-state index is 10.9. The molecule has 0 fully saturated rings. The summed E-state index contributed by atoms with van der Waals surface area (Å²) in [5, 5.41) is 15.6. The predicted octanol–water partition coefficient (Wildman–Crippen LogP) is 1.57. The van der Waals surface area contributed by atoms with E-state index in [-0.39, 0.29) is 6.54 Å². The Balaban J connectivity index is 2.49. The third kappa shape index (κ3) is 5.09. The fourth-order valence-electron chi connectivity index (χ4n) is 0.964. The molecule has 1 aromatic carbocycles. The van der Waals surface area contributed by atoms with Gasteiger partial charge in [-0.2, -0.15) is 0 Å². The van der Waals surface area contributed by atoms with Gasteiger partial charge in [0, 0.05) is 0 Å². The van der Waals surface area contributed by atoms with Crippen LogP contribution in [0.5, 0.6) is 0 Å². The molecule has 92 valence electrons. The summed E-state index contributed by atoms with van der Waals surface area (Å²) in [6.07, 6.45) is -1.19. The molecule has 0 aromatic heterocycles. The maximum absolute atomic E-state index is 10.9. The van der Waals surface area contributed by atoms with Gasteiger partial charge < -0.3 is 10.8 Å². The molecule has 0 aliphatic rings. The van der Waals surface area contributed by atoms with E-state index in [1.54, 1.807) is 24.3 Å². The molecule has 0 atom stereocenters. The van der Waals surface area contributed by atoms with Gasteiger partial charge in [-0.15, -0.1) is 0 Å². The van der Waals surface area contributed by atoms with Crippen molar-refractivity contribution in [1.82, 2.24) is 4.31 Å². The third-order valence-corrected chi connectivity index (χ3v) is 2.22. The molecule has 7 nitrogen and oxygen atoms in total. The smallest absolute Gasteiger partial charge is 0.419 e. The molecular weight excluding hydrogens is 246 g/mol. The Morgan fingerprint density at radius 1 is 1.47 bits per heavy atom. The van der Waals surface area contributed by atoms with Crippen molar-refractivity contribution in [2.24, 2.45) is 5.73 Å². The Bertz CT molecular complexity index is 387. The molecule has 8 heteroatoms. The quantitative estimate of drug-likeness (QED) is 0.184. The van der Waals surface area contributed by atoms with Crippen LogP contribution in [0.4, 0.5) is 4.79 Å². The summed E-state index contributed by atoms with van der Waals surface area (Å²) in [5.41, 5.74) is 5.66. The highest BCUT2D eigenvalue weighted by Gasteiger charge is 2.15. The van der Waals surface area contributed by atoms with Crippen LogP contribution in [0.1, 0.15) is 5.56 Å². The first-order valence-corrected chi connectivity index (χ1v) is 5.19. The Labute approximate surface area is 102 Å². The van der Waals surface area contributed by atoms with Gasteiger partial charge in [0.15, 0.2) is 12.2 Å². The van der Waals surface area contributed by atoms with Crippen molar-refractivity contribution in [3.63, 3.8) is 0 Å². The number of hydrogen-bond acceptors (Lipinski definition) is 5. The molecule has 1 aromatic rings. The van der Waals surface area contributed by atoms with Crippen molar-refractivity contribution in [3.8, 4) is 0 Å². The van der Waals surface area contributed by atoms with Crippen molar-refractivity contribution in [2.75, 3.05) is 0 Å². The van der Waals surface area contributed by atoms with Gasteiger partial charge in [-0.25, -0.2) is 14.5 Å². The summed E-state index contributed by atoms with van der Waals surface area (Å²) in [7, 11) is 0. The molecule has 1 rings (SSSR count). The maximum Gasteiger partial charge on any atom is 0.419 e. The van der Waals surface area contributed by atoms with E-state index < -0.39 is 12.1 Å². The zero-order chi connectivity index (χ0) is 12.7. The van der Waals surface area contributed by atoms with Gasteiger partial charge >= 0.3 is 12.1 Å². The Morgan fingerprint density at radius 2 is 2.12 bits per heavy atom. The van der Waals surface area contributed by atoms with Gasteiger partial charge in [-0.05, 0) is 5.56 Å². The summed E-state index contributed by atoms with van der Waals surface area (Å²) < 4.78 is 5.30. The number of nitrogens with zero attached hydrogens (tertiary/aromatic N) is 1. The molecule has 0 heterocycles. The molecule has 0 saturated carbocycles. The summed E-state index contributed by atoms with van der Waals surface area (Å²) in [5.74, 6) is 0. The summed E-state index contributed by atoms with van der Waals surface area (Å²) in [6.45, 7) is 0.127. The van der Waals surface area contributed by atoms with E-state index in [4.69, 9.17) is 16.2 Å². The Kier molecular flexibility index (Phi) is 5.11. The van der Waals surface area contributed by atoms with Crippen molar-refractivity contribution < 1.29 is 19.1 Å². The van der Waals surface area contributed by atoms with Crippen LogP contribution in [0.2, 0.25) is 0 Å². The van der Waals surface area contributed by atoms with Crippen molar-refractivity contribution in [2.45, 2.75) is 6.54 Å². The molecule has 1 amide bonds. The number of nitrogens with two attached hydrogens (primary N) is 1. The highest BCUT2D eigenvalue weighted by atomic mass is 32.2. The Hall–Kier alpha value is -1.93. The number of carboxylic acid groups (broad SMARTS) is 1. The number of amidine groups is 1. The summed E-state index contributed by atoms with van der Waals surface area (Å²) in [4.78, 5) is 15.0. The second-order valence-corrected chi connectivity index (χ2v) is 3.62. The standard InChI is InChI=1S/C9H11N3O4S/c10-8(11)15-16-17-12(9(13)14)6-7-4-2-1-3-5-7/h1-5H,6H2,(H3,10,11)(H,13,14). The first-order valence-electron chi connectivity index (χ1n) is 4.49. The molecular formula is C9H11N3O4S. The molecule has 0 spiro atoms. The van der Waals surface area contributed by atoms with Crippen molar-refractivity contribution in [1.29, 1.82) is 5.41 Å². The van der Waals surface area contributed by atoms with E-state index in [9.17, 15) is 4.79 Å². The second kappa shape index (κ2) is 6.61. The minimum atomic E-state index is -1.19. The van der Waals surface area contributed by atoms with Crippen LogP contribution >= 0.6 is 12.2 Å². The van der Waals surface area contributed by atoms with Gasteiger partial charge in [0.25, 0.3) is 0 Å². The highest BCUT2D eigenvalue weighted by Crippen LogP contribution is 2.16. The SMILES string of the molecule is N=C(N)OOSN(Cc1ccccc1)C(=O)O. The van der Waals surface area contributed by atoms with Crippen LogP contribution in [-0.2, 0) is 15.8 Å². The van der Waals surface area contributed by atoms with E-state index in [0.29, 0.717) is 12.2 Å².